The lowest BCUT2D eigenvalue weighted by molar-refractivity contribution is -0.704. The Morgan fingerprint density at radius 2 is 1.37 bits per heavy atom. The molecule has 3 nitrogen and oxygen atoms in total. The largest absolute Gasteiger partial charge is 0.378 e. The van der Waals surface area contributed by atoms with Gasteiger partial charge in [0.25, 0.3) is 0 Å². The van der Waals surface area contributed by atoms with Crippen LogP contribution in [0.3, 0.4) is 0 Å². The number of rotatable bonds is 6. The van der Waals surface area contributed by atoms with E-state index in [0.29, 0.717) is 33.1 Å². The zero-order valence-electron chi connectivity index (χ0n) is 25.1. The van der Waals surface area contributed by atoms with Crippen molar-refractivity contribution in [3.63, 3.8) is 0 Å². The van der Waals surface area contributed by atoms with Gasteiger partial charge in [-0.3, -0.25) is 18.3 Å². The van der Waals surface area contributed by atoms with Gasteiger partial charge in [-0.15, -0.1) is 0 Å². The topological polar surface area (TPSA) is 12.1 Å². The van der Waals surface area contributed by atoms with Crippen molar-refractivity contribution in [1.82, 2.24) is 4.57 Å². The standard InChI is InChI=1S/C31H51N3Si/c1-19(2)25-16-15-17-26(20(3)4)27(25)34-28(30(11,12)18-31(34,13)14)35-29-32(21(5)6)23(9)24(10)33(29)22(7)8/h15-17,19-22H,18H2,1-14H3. The van der Waals surface area contributed by atoms with E-state index >= 15 is 0 Å². The average molecular weight is 494 g/mol. The summed E-state index contributed by atoms with van der Waals surface area (Å²) in [5, 5.41) is 1.59. The number of hydrogen-bond donors (Lipinski definition) is 0. The summed E-state index contributed by atoms with van der Waals surface area (Å²) < 4.78 is 5.22. The molecule has 35 heavy (non-hydrogen) atoms. The van der Waals surface area contributed by atoms with Crippen LogP contribution in [0.1, 0.15) is 136 Å². The SMILES string of the molecule is Cc1c(C)[n+](C(C)C)c([Si-]=C2N(c3c(C(C)C)cccc3C(C)C)C(C)(C)CC2(C)C)n1C(C)C. The molecular formula is C31H51N3Si. The Kier molecular flexibility index (Phi) is 7.69. The first-order valence-corrected chi connectivity index (χ1v) is 14.7. The molecule has 0 aliphatic carbocycles. The Labute approximate surface area is 218 Å². The second-order valence-electron chi connectivity index (χ2n) is 13.2. The molecule has 1 saturated heterocycles. The maximum atomic E-state index is 2.79. The summed E-state index contributed by atoms with van der Waals surface area (Å²) in [4.78, 5) is 2.79. The van der Waals surface area contributed by atoms with Crippen LogP contribution in [-0.2, 0) is 0 Å². The van der Waals surface area contributed by atoms with E-state index < -0.39 is 0 Å². The Morgan fingerprint density at radius 1 is 0.857 bits per heavy atom. The monoisotopic (exact) mass is 493 g/mol. The lowest BCUT2D eigenvalue weighted by Crippen LogP contribution is -2.57. The number of para-hydroxylation sites is 1. The first kappa shape index (κ1) is 27.9. The minimum absolute atomic E-state index is 0.0580. The molecule has 0 N–H and O–H groups in total. The van der Waals surface area contributed by atoms with Crippen LogP contribution in [0.25, 0.3) is 0 Å². The van der Waals surface area contributed by atoms with E-state index in [4.69, 9.17) is 0 Å². The van der Waals surface area contributed by atoms with Crippen LogP contribution in [0.15, 0.2) is 18.2 Å². The van der Waals surface area contributed by atoms with Crippen LogP contribution >= 0.6 is 0 Å². The summed E-state index contributed by atoms with van der Waals surface area (Å²) in [6.45, 7) is 33.2. The third-order valence-corrected chi connectivity index (χ3v) is 9.72. The van der Waals surface area contributed by atoms with Gasteiger partial charge in [-0.25, -0.2) is 0 Å². The highest BCUT2D eigenvalue weighted by Gasteiger charge is 2.45. The Bertz CT molecular complexity index is 1050. The van der Waals surface area contributed by atoms with Gasteiger partial charge in [-0.1, -0.05) is 59.7 Å². The van der Waals surface area contributed by atoms with Gasteiger partial charge >= 0.3 is 0 Å². The summed E-state index contributed by atoms with van der Waals surface area (Å²) in [5.74, 6) is 0.967. The summed E-state index contributed by atoms with van der Waals surface area (Å²) in [5.41, 5.74) is 8.91. The Balaban J connectivity index is 2.45. The van der Waals surface area contributed by atoms with Crippen molar-refractivity contribution in [2.75, 3.05) is 4.90 Å². The van der Waals surface area contributed by atoms with Crippen molar-refractivity contribution < 1.29 is 4.57 Å². The van der Waals surface area contributed by atoms with Crippen LogP contribution in [0.2, 0.25) is 0 Å². The highest BCUT2D eigenvalue weighted by molar-refractivity contribution is 6.67. The minimum Gasteiger partial charge on any atom is -0.378 e. The van der Waals surface area contributed by atoms with E-state index in [9.17, 15) is 0 Å². The van der Waals surface area contributed by atoms with Crippen molar-refractivity contribution >= 4 is 25.6 Å². The quantitative estimate of drug-likeness (QED) is 0.312. The molecule has 0 atom stereocenters. The molecule has 0 bridgehead atoms. The highest BCUT2D eigenvalue weighted by Crippen LogP contribution is 2.48. The maximum Gasteiger partial charge on any atom is 0.140 e. The fourth-order valence-corrected chi connectivity index (χ4v) is 8.79. The molecule has 194 valence electrons. The van der Waals surface area contributed by atoms with Crippen LogP contribution in [0, 0.1) is 19.3 Å². The molecule has 0 radical (unpaired) electrons. The van der Waals surface area contributed by atoms with Gasteiger partial charge in [-0.2, -0.15) is 5.29 Å². The predicted octanol–water partition coefficient (Wildman–Crippen LogP) is 6.98. The van der Waals surface area contributed by atoms with Gasteiger partial charge in [0.1, 0.15) is 11.4 Å². The number of anilines is 1. The summed E-state index contributed by atoms with van der Waals surface area (Å²) in [6, 6.07) is 7.89. The van der Waals surface area contributed by atoms with E-state index in [1.54, 1.807) is 5.29 Å². The minimum atomic E-state index is 0.0580. The van der Waals surface area contributed by atoms with Crippen LogP contribution < -0.4 is 14.9 Å². The molecule has 2 heterocycles. The van der Waals surface area contributed by atoms with E-state index in [2.05, 4.69) is 129 Å². The first-order chi connectivity index (χ1) is 16.0. The Morgan fingerprint density at radius 3 is 1.80 bits per heavy atom. The van der Waals surface area contributed by atoms with E-state index in [0.717, 1.165) is 6.42 Å². The number of benzene rings is 1. The summed E-state index contributed by atoms with van der Waals surface area (Å²) >= 11 is 0. The zero-order chi connectivity index (χ0) is 26.6. The van der Waals surface area contributed by atoms with E-state index in [1.807, 2.05) is 0 Å². The van der Waals surface area contributed by atoms with Crippen LogP contribution in [0.5, 0.6) is 0 Å². The highest BCUT2D eigenvalue weighted by atomic mass is 28.2. The summed E-state index contributed by atoms with van der Waals surface area (Å²) in [7, 11) is 0.631. The van der Waals surface area contributed by atoms with Gasteiger partial charge in [0.15, 0.2) is 0 Å². The fraction of sp³-hybridized carbons (Fsp3) is 0.677. The second kappa shape index (κ2) is 9.65. The lowest BCUT2D eigenvalue weighted by Gasteiger charge is -2.43. The van der Waals surface area contributed by atoms with Gasteiger partial charge in [-0.05, 0) is 76.3 Å². The average Bonchev–Trinajstić information content (AvgIpc) is 3.06. The number of hydrogen-bond acceptors (Lipinski definition) is 1. The normalized spacial score (nSPS) is 18.8. The number of aromatic nitrogens is 2. The Hall–Kier alpha value is -1.68. The van der Waals surface area contributed by atoms with Gasteiger partial charge < -0.3 is 4.90 Å². The molecule has 1 aromatic heterocycles. The van der Waals surface area contributed by atoms with Crippen molar-refractivity contribution in [3.8, 4) is 0 Å². The summed E-state index contributed by atoms with van der Waals surface area (Å²) in [6.07, 6.45) is 1.16. The predicted molar refractivity (Wildman–Crippen MR) is 155 cm³/mol. The molecule has 1 aliphatic heterocycles. The van der Waals surface area contributed by atoms with E-state index in [1.165, 1.54) is 33.6 Å². The smallest absolute Gasteiger partial charge is 0.140 e. The molecule has 0 saturated carbocycles. The van der Waals surface area contributed by atoms with Gasteiger partial charge in [0.2, 0.25) is 0 Å². The fourth-order valence-electron chi connectivity index (χ4n) is 6.53. The third-order valence-electron chi connectivity index (χ3n) is 7.88. The van der Waals surface area contributed by atoms with Crippen molar-refractivity contribution in [2.45, 2.75) is 133 Å². The molecule has 3 rings (SSSR count). The molecular weight excluding hydrogens is 442 g/mol. The lowest BCUT2D eigenvalue weighted by atomic mass is 9.85. The number of imidazole rings is 1. The number of nitrogens with zero attached hydrogens (tertiary/aromatic N) is 3. The van der Waals surface area contributed by atoms with E-state index in [-0.39, 0.29) is 11.0 Å². The maximum absolute atomic E-state index is 2.79. The van der Waals surface area contributed by atoms with Gasteiger partial charge in [0, 0.05) is 25.1 Å². The van der Waals surface area contributed by atoms with Crippen LogP contribution in [0.4, 0.5) is 5.69 Å². The van der Waals surface area contributed by atoms with Gasteiger partial charge in [0.05, 0.1) is 17.5 Å². The van der Waals surface area contributed by atoms with Crippen molar-refractivity contribution in [1.29, 1.82) is 0 Å². The molecule has 1 aromatic carbocycles. The molecule has 1 aliphatic rings. The zero-order valence-corrected chi connectivity index (χ0v) is 26.1. The molecule has 0 spiro atoms. The second-order valence-corrected chi connectivity index (χ2v) is 14.4. The van der Waals surface area contributed by atoms with Crippen LogP contribution in [-0.4, -0.2) is 24.5 Å². The molecule has 1 fully saturated rings. The molecule has 2 aromatic rings. The van der Waals surface area contributed by atoms with Crippen molar-refractivity contribution in [3.05, 3.63) is 40.7 Å². The molecule has 0 unspecified atom stereocenters. The molecule has 4 heteroatoms. The molecule has 0 amide bonds. The van der Waals surface area contributed by atoms with Crippen molar-refractivity contribution in [2.24, 2.45) is 5.41 Å². The first-order valence-electron chi connectivity index (χ1n) is 13.7. The third kappa shape index (κ3) is 4.84.